The SMILES string of the molecule is CS(=O)(=O)C1(C(=O)N2CCCC(c3[nH]nc4ncccc34)C2)CC1. The predicted molar refractivity (Wildman–Crippen MR) is 89.3 cm³/mol. The lowest BCUT2D eigenvalue weighted by Crippen LogP contribution is -2.48. The van der Waals surface area contributed by atoms with Crippen LogP contribution in [0.15, 0.2) is 18.3 Å². The van der Waals surface area contributed by atoms with Crippen LogP contribution in [0.5, 0.6) is 0 Å². The van der Waals surface area contributed by atoms with Crippen LogP contribution in [0.2, 0.25) is 0 Å². The van der Waals surface area contributed by atoms with Gasteiger partial charge in [0.1, 0.15) is 0 Å². The quantitative estimate of drug-likeness (QED) is 0.900. The summed E-state index contributed by atoms with van der Waals surface area (Å²) in [4.78, 5) is 18.8. The van der Waals surface area contributed by atoms with Crippen molar-refractivity contribution in [2.24, 2.45) is 0 Å². The Hall–Kier alpha value is -1.96. The molecule has 4 rings (SSSR count). The van der Waals surface area contributed by atoms with Gasteiger partial charge in [0, 0.05) is 42.5 Å². The fourth-order valence-corrected chi connectivity index (χ4v) is 5.01. The third kappa shape index (κ3) is 2.31. The van der Waals surface area contributed by atoms with Gasteiger partial charge in [-0.25, -0.2) is 13.4 Å². The Balaban J connectivity index is 1.60. The Kier molecular flexibility index (Phi) is 3.42. The number of amides is 1. The molecule has 0 aromatic carbocycles. The number of likely N-dealkylation sites (tertiary alicyclic amines) is 1. The average Bonchev–Trinajstić information content (AvgIpc) is 3.28. The van der Waals surface area contributed by atoms with Crippen LogP contribution >= 0.6 is 0 Å². The highest BCUT2D eigenvalue weighted by molar-refractivity contribution is 7.93. The molecule has 0 radical (unpaired) electrons. The van der Waals surface area contributed by atoms with Gasteiger partial charge in [-0.1, -0.05) is 0 Å². The number of aromatic amines is 1. The number of nitrogens with zero attached hydrogens (tertiary/aromatic N) is 3. The van der Waals surface area contributed by atoms with E-state index in [2.05, 4.69) is 15.2 Å². The van der Waals surface area contributed by atoms with E-state index in [-0.39, 0.29) is 11.8 Å². The first-order valence-electron chi connectivity index (χ1n) is 8.20. The first-order valence-corrected chi connectivity index (χ1v) is 10.1. The molecule has 1 unspecified atom stereocenters. The number of carbonyl (C=O) groups is 1. The molecule has 2 aliphatic rings. The van der Waals surface area contributed by atoms with E-state index < -0.39 is 14.6 Å². The topological polar surface area (TPSA) is 96.0 Å². The van der Waals surface area contributed by atoms with E-state index in [1.807, 2.05) is 12.1 Å². The zero-order valence-electron chi connectivity index (χ0n) is 13.5. The van der Waals surface area contributed by atoms with Gasteiger partial charge in [-0.3, -0.25) is 9.89 Å². The number of sulfone groups is 1. The van der Waals surface area contributed by atoms with Crippen LogP contribution in [-0.2, 0) is 14.6 Å². The third-order valence-electron chi connectivity index (χ3n) is 5.28. The fourth-order valence-electron chi connectivity index (χ4n) is 3.72. The first kappa shape index (κ1) is 15.6. The molecule has 0 bridgehead atoms. The van der Waals surface area contributed by atoms with Crippen molar-refractivity contribution in [1.82, 2.24) is 20.1 Å². The second-order valence-corrected chi connectivity index (χ2v) is 9.19. The zero-order chi connectivity index (χ0) is 16.9. The summed E-state index contributed by atoms with van der Waals surface area (Å²) < 4.78 is 22.9. The van der Waals surface area contributed by atoms with Gasteiger partial charge in [0.25, 0.3) is 0 Å². The van der Waals surface area contributed by atoms with Gasteiger partial charge < -0.3 is 4.90 Å². The monoisotopic (exact) mass is 348 g/mol. The number of hydrogen-bond acceptors (Lipinski definition) is 5. The van der Waals surface area contributed by atoms with Crippen LogP contribution in [0.1, 0.15) is 37.3 Å². The molecule has 1 saturated heterocycles. The number of hydrogen-bond donors (Lipinski definition) is 1. The van der Waals surface area contributed by atoms with E-state index in [1.165, 1.54) is 6.26 Å². The molecule has 1 amide bonds. The molecule has 128 valence electrons. The second kappa shape index (κ2) is 5.27. The van der Waals surface area contributed by atoms with E-state index in [0.29, 0.717) is 31.6 Å². The van der Waals surface area contributed by atoms with E-state index in [9.17, 15) is 13.2 Å². The number of fused-ring (bicyclic) bond motifs is 1. The Bertz CT molecular complexity index is 901. The van der Waals surface area contributed by atoms with E-state index in [1.54, 1.807) is 11.1 Å². The predicted octanol–water partition coefficient (Wildman–Crippen LogP) is 1.24. The van der Waals surface area contributed by atoms with Crippen LogP contribution in [0.25, 0.3) is 11.0 Å². The van der Waals surface area contributed by atoms with Gasteiger partial charge in [0.15, 0.2) is 20.2 Å². The van der Waals surface area contributed by atoms with Gasteiger partial charge >= 0.3 is 0 Å². The molecule has 1 aliphatic heterocycles. The normalized spacial score (nSPS) is 23.4. The Morgan fingerprint density at radius 1 is 1.42 bits per heavy atom. The molecule has 1 N–H and O–H groups in total. The maximum absolute atomic E-state index is 12.8. The Labute approximate surface area is 140 Å². The summed E-state index contributed by atoms with van der Waals surface area (Å²) >= 11 is 0. The number of H-pyrrole nitrogens is 1. The van der Waals surface area contributed by atoms with Crippen LogP contribution in [0.4, 0.5) is 0 Å². The van der Waals surface area contributed by atoms with Crippen molar-refractivity contribution in [3.63, 3.8) is 0 Å². The van der Waals surface area contributed by atoms with Crippen molar-refractivity contribution in [2.45, 2.75) is 36.3 Å². The molecule has 7 nitrogen and oxygen atoms in total. The summed E-state index contributed by atoms with van der Waals surface area (Å²) in [6.07, 6.45) is 5.57. The van der Waals surface area contributed by atoms with Gasteiger partial charge in [-0.05, 0) is 37.8 Å². The summed E-state index contributed by atoms with van der Waals surface area (Å²) in [5.41, 5.74) is 1.66. The van der Waals surface area contributed by atoms with Gasteiger partial charge in [0.2, 0.25) is 5.91 Å². The molecule has 2 aromatic rings. The summed E-state index contributed by atoms with van der Waals surface area (Å²) in [6, 6.07) is 3.84. The Morgan fingerprint density at radius 3 is 2.92 bits per heavy atom. The summed E-state index contributed by atoms with van der Waals surface area (Å²) in [5, 5.41) is 8.26. The third-order valence-corrected chi connectivity index (χ3v) is 7.28. The largest absolute Gasteiger partial charge is 0.341 e. The van der Waals surface area contributed by atoms with E-state index in [0.717, 1.165) is 23.9 Å². The van der Waals surface area contributed by atoms with Crippen molar-refractivity contribution in [3.8, 4) is 0 Å². The molecule has 0 spiro atoms. The minimum atomic E-state index is -3.37. The number of carbonyl (C=O) groups excluding carboxylic acids is 1. The molecule has 1 saturated carbocycles. The number of aromatic nitrogens is 3. The summed E-state index contributed by atoms with van der Waals surface area (Å²) in [5.74, 6) is -0.0936. The van der Waals surface area contributed by atoms with Crippen molar-refractivity contribution in [1.29, 1.82) is 0 Å². The van der Waals surface area contributed by atoms with Crippen LogP contribution in [0.3, 0.4) is 0 Å². The maximum Gasteiger partial charge on any atom is 0.244 e. The molecule has 1 aliphatic carbocycles. The highest BCUT2D eigenvalue weighted by Crippen LogP contribution is 2.45. The Morgan fingerprint density at radius 2 is 2.21 bits per heavy atom. The molecular weight excluding hydrogens is 328 g/mol. The lowest BCUT2D eigenvalue weighted by atomic mass is 9.93. The number of nitrogens with one attached hydrogen (secondary N) is 1. The molecule has 8 heteroatoms. The highest BCUT2D eigenvalue weighted by Gasteiger charge is 2.60. The molecule has 2 fully saturated rings. The number of pyridine rings is 1. The van der Waals surface area contributed by atoms with Crippen LogP contribution in [-0.4, -0.2) is 58.5 Å². The van der Waals surface area contributed by atoms with Crippen molar-refractivity contribution >= 4 is 26.8 Å². The average molecular weight is 348 g/mol. The standard InChI is InChI=1S/C16H20N4O3S/c1-24(22,23)16(6-7-16)15(21)20-9-3-4-11(10-20)13-12-5-2-8-17-14(12)19-18-13/h2,5,8,11H,3-4,6-7,9-10H2,1H3,(H,17,18,19). The lowest BCUT2D eigenvalue weighted by Gasteiger charge is -2.34. The van der Waals surface area contributed by atoms with Crippen molar-refractivity contribution < 1.29 is 13.2 Å². The smallest absolute Gasteiger partial charge is 0.244 e. The van der Waals surface area contributed by atoms with Gasteiger partial charge in [-0.2, -0.15) is 5.10 Å². The first-order chi connectivity index (χ1) is 11.4. The van der Waals surface area contributed by atoms with Crippen molar-refractivity contribution in [3.05, 3.63) is 24.0 Å². The van der Waals surface area contributed by atoms with Gasteiger partial charge in [0.05, 0.1) is 0 Å². The molecule has 24 heavy (non-hydrogen) atoms. The summed E-state index contributed by atoms with van der Waals surface area (Å²) in [7, 11) is -3.37. The summed E-state index contributed by atoms with van der Waals surface area (Å²) in [6.45, 7) is 1.15. The molecule has 3 heterocycles. The second-order valence-electron chi connectivity index (χ2n) is 6.87. The van der Waals surface area contributed by atoms with Crippen LogP contribution < -0.4 is 0 Å². The number of rotatable bonds is 3. The molecule has 2 aromatic heterocycles. The van der Waals surface area contributed by atoms with E-state index >= 15 is 0 Å². The van der Waals surface area contributed by atoms with Gasteiger partial charge in [-0.15, -0.1) is 0 Å². The maximum atomic E-state index is 12.8. The molecular formula is C16H20N4O3S. The lowest BCUT2D eigenvalue weighted by molar-refractivity contribution is -0.132. The van der Waals surface area contributed by atoms with Crippen molar-refractivity contribution in [2.75, 3.05) is 19.3 Å². The fraction of sp³-hybridized carbons (Fsp3) is 0.562. The highest BCUT2D eigenvalue weighted by atomic mass is 32.2. The van der Waals surface area contributed by atoms with Crippen LogP contribution in [0, 0.1) is 0 Å². The minimum Gasteiger partial charge on any atom is -0.341 e. The minimum absolute atomic E-state index is 0.132. The zero-order valence-corrected chi connectivity index (χ0v) is 14.3. The number of piperidine rings is 1. The van der Waals surface area contributed by atoms with E-state index in [4.69, 9.17) is 0 Å². The molecule has 1 atom stereocenters.